The molecule has 0 aliphatic rings. The Balaban J connectivity index is 1.89. The average Bonchev–Trinajstić information content (AvgIpc) is 2.94. The molecular weight excluding hydrogens is 366 g/mol. The molecule has 3 aromatic rings. The second kappa shape index (κ2) is 6.94. The first kappa shape index (κ1) is 18.8. The number of amides is 1. The van der Waals surface area contributed by atoms with Crippen LogP contribution in [0.5, 0.6) is 5.75 Å². The zero-order valence-corrected chi connectivity index (χ0v) is 14.4. The Morgan fingerprint density at radius 1 is 1.19 bits per heavy atom. The number of hydrogen-bond acceptors (Lipinski definition) is 3. The van der Waals surface area contributed by atoms with Crippen molar-refractivity contribution >= 4 is 16.9 Å². The SMILES string of the molecule is COc1ccc2oc(C)c(C(=O)NCc3ccc(F)cc3C(F)(F)F)c2c1. The van der Waals surface area contributed by atoms with Gasteiger partial charge in [0.1, 0.15) is 22.9 Å². The number of furan rings is 1. The number of benzene rings is 2. The van der Waals surface area contributed by atoms with Gasteiger partial charge in [0.25, 0.3) is 5.91 Å². The summed E-state index contributed by atoms with van der Waals surface area (Å²) in [5.74, 6) is -0.765. The molecule has 3 rings (SSSR count). The Bertz CT molecular complexity index is 1010. The van der Waals surface area contributed by atoms with Gasteiger partial charge < -0.3 is 14.5 Å². The van der Waals surface area contributed by atoms with Gasteiger partial charge in [0.15, 0.2) is 0 Å². The first-order valence-corrected chi connectivity index (χ1v) is 7.91. The maximum absolute atomic E-state index is 13.2. The molecule has 0 bridgehead atoms. The number of hydrogen-bond donors (Lipinski definition) is 1. The number of aryl methyl sites for hydroxylation is 1. The molecule has 0 saturated carbocycles. The maximum atomic E-state index is 13.2. The monoisotopic (exact) mass is 381 g/mol. The van der Waals surface area contributed by atoms with Gasteiger partial charge >= 0.3 is 6.18 Å². The number of carbonyl (C=O) groups excluding carboxylic acids is 1. The van der Waals surface area contributed by atoms with Crippen molar-refractivity contribution in [3.8, 4) is 5.75 Å². The molecule has 0 aliphatic carbocycles. The largest absolute Gasteiger partial charge is 0.497 e. The van der Waals surface area contributed by atoms with Gasteiger partial charge in [-0.1, -0.05) is 6.07 Å². The van der Waals surface area contributed by atoms with E-state index in [1.54, 1.807) is 25.1 Å². The first-order valence-electron chi connectivity index (χ1n) is 7.91. The summed E-state index contributed by atoms with van der Waals surface area (Å²) in [6.45, 7) is 1.17. The zero-order chi connectivity index (χ0) is 19.8. The third kappa shape index (κ3) is 3.74. The molecule has 4 nitrogen and oxygen atoms in total. The number of alkyl halides is 3. The van der Waals surface area contributed by atoms with Crippen LogP contribution in [0.4, 0.5) is 17.6 Å². The summed E-state index contributed by atoms with van der Waals surface area (Å²) in [6.07, 6.45) is -4.73. The number of ether oxygens (including phenoxy) is 1. The van der Waals surface area contributed by atoms with Crippen LogP contribution < -0.4 is 10.1 Å². The number of carbonyl (C=O) groups is 1. The number of methoxy groups -OCH3 is 1. The first-order chi connectivity index (χ1) is 12.7. The number of rotatable bonds is 4. The minimum Gasteiger partial charge on any atom is -0.497 e. The summed E-state index contributed by atoms with van der Waals surface area (Å²) >= 11 is 0. The third-order valence-electron chi connectivity index (χ3n) is 4.11. The molecule has 1 heterocycles. The smallest absolute Gasteiger partial charge is 0.416 e. The van der Waals surface area contributed by atoms with Gasteiger partial charge in [-0.05, 0) is 42.8 Å². The maximum Gasteiger partial charge on any atom is 0.416 e. The molecule has 0 radical (unpaired) electrons. The van der Waals surface area contributed by atoms with E-state index in [0.717, 1.165) is 12.1 Å². The molecule has 8 heteroatoms. The molecule has 0 unspecified atom stereocenters. The van der Waals surface area contributed by atoms with Gasteiger partial charge in [0.2, 0.25) is 0 Å². The molecule has 1 N–H and O–H groups in total. The van der Waals surface area contributed by atoms with Gasteiger partial charge in [-0.2, -0.15) is 13.2 Å². The molecule has 0 spiro atoms. The zero-order valence-electron chi connectivity index (χ0n) is 14.4. The van der Waals surface area contributed by atoms with E-state index in [-0.39, 0.29) is 11.1 Å². The molecule has 142 valence electrons. The van der Waals surface area contributed by atoms with Crippen LogP contribution in [0.15, 0.2) is 40.8 Å². The van der Waals surface area contributed by atoms with Crippen LogP contribution in [0.25, 0.3) is 11.0 Å². The van der Waals surface area contributed by atoms with Crippen molar-refractivity contribution in [1.82, 2.24) is 5.32 Å². The van der Waals surface area contributed by atoms with Crippen LogP contribution in [0, 0.1) is 12.7 Å². The second-order valence-electron chi connectivity index (χ2n) is 5.88. The third-order valence-corrected chi connectivity index (χ3v) is 4.11. The van der Waals surface area contributed by atoms with Gasteiger partial charge in [0.05, 0.1) is 18.2 Å². The highest BCUT2D eigenvalue weighted by Crippen LogP contribution is 2.33. The lowest BCUT2D eigenvalue weighted by atomic mass is 10.1. The quantitative estimate of drug-likeness (QED) is 0.658. The Hall–Kier alpha value is -3.03. The fourth-order valence-electron chi connectivity index (χ4n) is 2.84. The highest BCUT2D eigenvalue weighted by atomic mass is 19.4. The van der Waals surface area contributed by atoms with E-state index in [4.69, 9.17) is 9.15 Å². The van der Waals surface area contributed by atoms with E-state index in [9.17, 15) is 22.4 Å². The number of nitrogens with one attached hydrogen (secondary N) is 1. The van der Waals surface area contributed by atoms with Crippen molar-refractivity contribution < 1.29 is 31.5 Å². The summed E-state index contributed by atoms with van der Waals surface area (Å²) in [7, 11) is 1.47. The summed E-state index contributed by atoms with van der Waals surface area (Å²) < 4.78 is 63.1. The van der Waals surface area contributed by atoms with Gasteiger partial charge in [-0.3, -0.25) is 4.79 Å². The van der Waals surface area contributed by atoms with E-state index in [1.165, 1.54) is 7.11 Å². The molecule has 0 fully saturated rings. The Morgan fingerprint density at radius 2 is 1.93 bits per heavy atom. The molecular formula is C19H15F4NO3. The fourth-order valence-corrected chi connectivity index (χ4v) is 2.84. The lowest BCUT2D eigenvalue weighted by Crippen LogP contribution is -2.25. The highest BCUT2D eigenvalue weighted by Gasteiger charge is 2.33. The van der Waals surface area contributed by atoms with Crippen molar-refractivity contribution in [3.05, 3.63) is 64.7 Å². The van der Waals surface area contributed by atoms with Crippen molar-refractivity contribution in [2.24, 2.45) is 0 Å². The molecule has 1 aromatic heterocycles. The van der Waals surface area contributed by atoms with Crippen LogP contribution >= 0.6 is 0 Å². The Kier molecular flexibility index (Phi) is 4.82. The van der Waals surface area contributed by atoms with E-state index in [0.29, 0.717) is 28.5 Å². The summed E-state index contributed by atoms with van der Waals surface area (Å²) in [6, 6.07) is 7.24. The van der Waals surface area contributed by atoms with Crippen molar-refractivity contribution in [1.29, 1.82) is 0 Å². The average molecular weight is 381 g/mol. The minimum absolute atomic E-state index is 0.208. The van der Waals surface area contributed by atoms with E-state index in [1.807, 2.05) is 0 Å². The van der Waals surface area contributed by atoms with E-state index >= 15 is 0 Å². The van der Waals surface area contributed by atoms with Crippen LogP contribution in [0.3, 0.4) is 0 Å². The topological polar surface area (TPSA) is 51.5 Å². The normalized spacial score (nSPS) is 11.6. The Morgan fingerprint density at radius 3 is 2.59 bits per heavy atom. The van der Waals surface area contributed by atoms with E-state index < -0.39 is 30.0 Å². The second-order valence-corrected chi connectivity index (χ2v) is 5.88. The summed E-state index contributed by atoms with van der Waals surface area (Å²) in [5.41, 5.74) is -0.700. The highest BCUT2D eigenvalue weighted by molar-refractivity contribution is 6.07. The number of fused-ring (bicyclic) bond motifs is 1. The molecule has 1 amide bonds. The molecule has 2 aromatic carbocycles. The Labute approximate surface area is 151 Å². The molecule has 0 saturated heterocycles. The minimum atomic E-state index is -4.73. The van der Waals surface area contributed by atoms with Gasteiger partial charge in [0, 0.05) is 11.9 Å². The molecule has 0 atom stereocenters. The number of halogens is 4. The summed E-state index contributed by atoms with van der Waals surface area (Å²) in [4.78, 5) is 12.6. The van der Waals surface area contributed by atoms with Crippen molar-refractivity contribution in [2.45, 2.75) is 19.6 Å². The predicted molar refractivity (Wildman–Crippen MR) is 90.1 cm³/mol. The van der Waals surface area contributed by atoms with Crippen molar-refractivity contribution in [3.63, 3.8) is 0 Å². The fraction of sp³-hybridized carbons (Fsp3) is 0.211. The van der Waals surface area contributed by atoms with E-state index in [2.05, 4.69) is 5.32 Å². The van der Waals surface area contributed by atoms with Crippen molar-refractivity contribution in [2.75, 3.05) is 7.11 Å². The lowest BCUT2D eigenvalue weighted by molar-refractivity contribution is -0.138. The molecule has 27 heavy (non-hydrogen) atoms. The van der Waals surface area contributed by atoms with Gasteiger partial charge in [-0.25, -0.2) is 4.39 Å². The van der Waals surface area contributed by atoms with Crippen LogP contribution in [-0.4, -0.2) is 13.0 Å². The summed E-state index contributed by atoms with van der Waals surface area (Å²) in [5, 5.41) is 2.93. The molecule has 0 aliphatic heterocycles. The van der Waals surface area contributed by atoms with Crippen LogP contribution in [-0.2, 0) is 12.7 Å². The van der Waals surface area contributed by atoms with Crippen LogP contribution in [0.1, 0.15) is 27.2 Å². The van der Waals surface area contributed by atoms with Gasteiger partial charge in [-0.15, -0.1) is 0 Å². The lowest BCUT2D eigenvalue weighted by Gasteiger charge is -2.13. The standard InChI is InChI=1S/C19H15F4NO3/c1-10-17(14-8-13(26-2)5-6-16(14)27-10)18(25)24-9-11-3-4-12(20)7-15(11)19(21,22)23/h3-8H,9H2,1-2H3,(H,24,25). The predicted octanol–water partition coefficient (Wildman–Crippen LogP) is 4.84. The van der Waals surface area contributed by atoms with Crippen LogP contribution in [0.2, 0.25) is 0 Å².